The van der Waals surface area contributed by atoms with Crippen molar-refractivity contribution in [1.82, 2.24) is 5.32 Å². The van der Waals surface area contributed by atoms with Crippen molar-refractivity contribution < 1.29 is 9.53 Å². The maximum Gasteiger partial charge on any atom is 0.231 e. The summed E-state index contributed by atoms with van der Waals surface area (Å²) in [6, 6.07) is 16.5. The first-order valence-electron chi connectivity index (χ1n) is 9.04. The molecule has 0 bridgehead atoms. The van der Waals surface area contributed by atoms with Gasteiger partial charge in [-0.25, -0.2) is 0 Å². The number of benzene rings is 2. The molecule has 1 N–H and O–H groups in total. The lowest BCUT2D eigenvalue weighted by atomic mass is 9.73. The number of carbonyl (C=O) groups excluding carboxylic acids is 1. The van der Waals surface area contributed by atoms with Crippen LogP contribution in [0.2, 0.25) is 0 Å². The Bertz CT molecular complexity index is 733. The number of carbonyl (C=O) groups is 1. The third kappa shape index (κ3) is 3.62. The predicted octanol–water partition coefficient (Wildman–Crippen LogP) is 4.23. The number of nitrogens with one attached hydrogen (secondary N) is 1. The Kier molecular flexibility index (Phi) is 5.24. The van der Waals surface area contributed by atoms with Gasteiger partial charge in [0.1, 0.15) is 0 Å². The molecule has 0 spiro atoms. The Balaban J connectivity index is 1.87. The van der Waals surface area contributed by atoms with Crippen LogP contribution in [-0.4, -0.2) is 19.1 Å². The van der Waals surface area contributed by atoms with Gasteiger partial charge in [-0.15, -0.1) is 0 Å². The minimum atomic E-state index is -0.495. The van der Waals surface area contributed by atoms with Gasteiger partial charge in [0.25, 0.3) is 0 Å². The highest BCUT2D eigenvalue weighted by atomic mass is 16.5. The SMILES string of the molecule is Cc1ccc(C)c([C@@H](C)NC(=O)C2(c3ccccc3)CCOCC2)c1. The summed E-state index contributed by atoms with van der Waals surface area (Å²) in [7, 11) is 0. The second-order valence-electron chi connectivity index (χ2n) is 7.12. The van der Waals surface area contributed by atoms with E-state index >= 15 is 0 Å². The lowest BCUT2D eigenvalue weighted by Gasteiger charge is -2.37. The molecule has 3 rings (SSSR count). The van der Waals surface area contributed by atoms with Gasteiger partial charge < -0.3 is 10.1 Å². The molecule has 3 heteroatoms. The summed E-state index contributed by atoms with van der Waals surface area (Å²) in [5.41, 5.74) is 4.20. The lowest BCUT2D eigenvalue weighted by molar-refractivity contribution is -0.131. The zero-order valence-corrected chi connectivity index (χ0v) is 15.3. The molecule has 1 heterocycles. The molecular formula is C22H27NO2. The summed E-state index contributed by atoms with van der Waals surface area (Å²) in [4.78, 5) is 13.3. The monoisotopic (exact) mass is 337 g/mol. The van der Waals surface area contributed by atoms with Crippen molar-refractivity contribution in [3.8, 4) is 0 Å². The molecular weight excluding hydrogens is 310 g/mol. The molecule has 1 fully saturated rings. The van der Waals surface area contributed by atoms with Crippen molar-refractivity contribution in [3.63, 3.8) is 0 Å². The molecule has 25 heavy (non-hydrogen) atoms. The third-order valence-electron chi connectivity index (χ3n) is 5.36. The third-order valence-corrected chi connectivity index (χ3v) is 5.36. The predicted molar refractivity (Wildman–Crippen MR) is 101 cm³/mol. The quantitative estimate of drug-likeness (QED) is 0.907. The molecule has 2 aromatic carbocycles. The normalized spacial score (nSPS) is 17.7. The number of ether oxygens (including phenoxy) is 1. The summed E-state index contributed by atoms with van der Waals surface area (Å²) in [6.07, 6.45) is 1.45. The average Bonchev–Trinajstić information content (AvgIpc) is 2.64. The number of aryl methyl sites for hydroxylation is 2. The standard InChI is InChI=1S/C22H27NO2/c1-16-9-10-17(2)20(15-16)18(3)23-21(24)22(11-13-25-14-12-22)19-7-5-4-6-8-19/h4-10,15,18H,11-14H2,1-3H3,(H,23,24)/t18-/m1/s1. The molecule has 0 aromatic heterocycles. The molecule has 2 aromatic rings. The van der Waals surface area contributed by atoms with Gasteiger partial charge in [0.2, 0.25) is 5.91 Å². The summed E-state index contributed by atoms with van der Waals surface area (Å²) in [5.74, 6) is 0.107. The zero-order valence-electron chi connectivity index (χ0n) is 15.3. The van der Waals surface area contributed by atoms with Gasteiger partial charge in [-0.1, -0.05) is 54.1 Å². The van der Waals surface area contributed by atoms with Crippen molar-refractivity contribution in [2.24, 2.45) is 0 Å². The van der Waals surface area contributed by atoms with E-state index in [2.05, 4.69) is 56.4 Å². The number of amides is 1. The number of hydrogen-bond acceptors (Lipinski definition) is 2. The van der Waals surface area contributed by atoms with Crippen molar-refractivity contribution in [3.05, 3.63) is 70.8 Å². The van der Waals surface area contributed by atoms with Gasteiger partial charge in [0.05, 0.1) is 11.5 Å². The molecule has 0 aliphatic carbocycles. The Morgan fingerprint density at radius 1 is 1.08 bits per heavy atom. The van der Waals surface area contributed by atoms with Gasteiger partial charge in [-0.3, -0.25) is 4.79 Å². The fourth-order valence-electron chi connectivity index (χ4n) is 3.76. The van der Waals surface area contributed by atoms with Crippen molar-refractivity contribution in [1.29, 1.82) is 0 Å². The maximum atomic E-state index is 13.3. The molecule has 1 aliphatic rings. The van der Waals surface area contributed by atoms with Gasteiger partial charge >= 0.3 is 0 Å². The van der Waals surface area contributed by atoms with Crippen LogP contribution < -0.4 is 5.32 Å². The van der Waals surface area contributed by atoms with Crippen molar-refractivity contribution >= 4 is 5.91 Å². The summed E-state index contributed by atoms with van der Waals surface area (Å²) in [5, 5.41) is 3.28. The maximum absolute atomic E-state index is 13.3. The molecule has 0 saturated carbocycles. The fourth-order valence-corrected chi connectivity index (χ4v) is 3.76. The average molecular weight is 337 g/mol. The topological polar surface area (TPSA) is 38.3 Å². The van der Waals surface area contributed by atoms with Gasteiger partial charge in [0.15, 0.2) is 0 Å². The Morgan fingerprint density at radius 2 is 1.76 bits per heavy atom. The van der Waals surface area contributed by atoms with Gasteiger partial charge in [0, 0.05) is 13.2 Å². The van der Waals surface area contributed by atoms with Crippen LogP contribution in [0.15, 0.2) is 48.5 Å². The Hall–Kier alpha value is -2.13. The van der Waals surface area contributed by atoms with Crippen LogP contribution in [0.3, 0.4) is 0 Å². The largest absolute Gasteiger partial charge is 0.381 e. The smallest absolute Gasteiger partial charge is 0.231 e. The van der Waals surface area contributed by atoms with Crippen LogP contribution in [0.5, 0.6) is 0 Å². The van der Waals surface area contributed by atoms with E-state index in [0.717, 1.165) is 18.4 Å². The fraction of sp³-hybridized carbons (Fsp3) is 0.409. The highest BCUT2D eigenvalue weighted by molar-refractivity contribution is 5.88. The van der Waals surface area contributed by atoms with Crippen molar-refractivity contribution in [2.45, 2.75) is 45.1 Å². The van der Waals surface area contributed by atoms with Crippen LogP contribution >= 0.6 is 0 Å². The van der Waals surface area contributed by atoms with E-state index in [1.54, 1.807) is 0 Å². The minimum Gasteiger partial charge on any atom is -0.381 e. The van der Waals surface area contributed by atoms with E-state index < -0.39 is 5.41 Å². The zero-order chi connectivity index (χ0) is 17.9. The number of hydrogen-bond donors (Lipinski definition) is 1. The van der Waals surface area contributed by atoms with E-state index in [1.165, 1.54) is 16.7 Å². The van der Waals surface area contributed by atoms with E-state index in [4.69, 9.17) is 4.74 Å². The minimum absolute atomic E-state index is 0.0177. The molecule has 132 valence electrons. The van der Waals surface area contributed by atoms with E-state index in [1.807, 2.05) is 18.2 Å². The summed E-state index contributed by atoms with van der Waals surface area (Å²) >= 11 is 0. The number of rotatable bonds is 4. The van der Waals surface area contributed by atoms with Crippen LogP contribution in [-0.2, 0) is 14.9 Å². The van der Waals surface area contributed by atoms with Crippen LogP contribution in [0, 0.1) is 13.8 Å². The lowest BCUT2D eigenvalue weighted by Crippen LogP contribution is -2.48. The summed E-state index contributed by atoms with van der Waals surface area (Å²) < 4.78 is 5.54. The van der Waals surface area contributed by atoms with E-state index in [9.17, 15) is 4.79 Å². The van der Waals surface area contributed by atoms with Crippen molar-refractivity contribution in [2.75, 3.05) is 13.2 Å². The summed E-state index contributed by atoms with van der Waals surface area (Å²) in [6.45, 7) is 7.50. The first-order valence-corrected chi connectivity index (χ1v) is 9.04. The molecule has 1 amide bonds. The van der Waals surface area contributed by atoms with Crippen LogP contribution in [0.25, 0.3) is 0 Å². The molecule has 1 saturated heterocycles. The highest BCUT2D eigenvalue weighted by Gasteiger charge is 2.42. The molecule has 1 atom stereocenters. The second kappa shape index (κ2) is 7.40. The van der Waals surface area contributed by atoms with Gasteiger partial charge in [-0.2, -0.15) is 0 Å². The van der Waals surface area contributed by atoms with E-state index in [0.29, 0.717) is 13.2 Å². The Morgan fingerprint density at radius 3 is 2.44 bits per heavy atom. The first kappa shape index (κ1) is 17.7. The molecule has 0 unspecified atom stereocenters. The molecule has 3 nitrogen and oxygen atoms in total. The molecule has 0 radical (unpaired) electrons. The highest BCUT2D eigenvalue weighted by Crippen LogP contribution is 2.36. The Labute approximate surface area is 150 Å². The van der Waals surface area contributed by atoms with Crippen LogP contribution in [0.1, 0.15) is 48.1 Å². The molecule has 1 aliphatic heterocycles. The van der Waals surface area contributed by atoms with Crippen LogP contribution in [0.4, 0.5) is 0 Å². The van der Waals surface area contributed by atoms with Gasteiger partial charge in [-0.05, 0) is 50.3 Å². The second-order valence-corrected chi connectivity index (χ2v) is 7.12. The van der Waals surface area contributed by atoms with E-state index in [-0.39, 0.29) is 11.9 Å². The first-order chi connectivity index (χ1) is 12.0.